The molecular weight excluding hydrogens is 488 g/mol. The summed E-state index contributed by atoms with van der Waals surface area (Å²) in [4.78, 5) is 10.6. The molecule has 3 aromatic carbocycles. The lowest BCUT2D eigenvalue weighted by Gasteiger charge is -2.12. The molecule has 31 heavy (non-hydrogen) atoms. The fourth-order valence-electron chi connectivity index (χ4n) is 2.58. The van der Waals surface area contributed by atoms with Crippen molar-refractivity contribution in [1.29, 1.82) is 0 Å². The minimum Gasteiger partial charge on any atom is -0.495 e. The predicted octanol–water partition coefficient (Wildman–Crippen LogP) is 4.61. The quantitative estimate of drug-likeness (QED) is 0.262. The summed E-state index contributed by atoms with van der Waals surface area (Å²) in [6.45, 7) is 0. The number of benzene rings is 3. The fourth-order valence-corrected chi connectivity index (χ4v) is 3.94. The largest absolute Gasteiger partial charge is 0.495 e. The molecule has 0 atom stereocenters. The highest BCUT2D eigenvalue weighted by Crippen LogP contribution is 2.30. The number of halogens is 1. The van der Waals surface area contributed by atoms with Gasteiger partial charge in [0.25, 0.3) is 15.7 Å². The van der Waals surface area contributed by atoms with Crippen molar-refractivity contribution in [2.24, 2.45) is 5.10 Å². The minimum absolute atomic E-state index is 0.0506. The van der Waals surface area contributed by atoms with Crippen LogP contribution in [0.3, 0.4) is 0 Å². The summed E-state index contributed by atoms with van der Waals surface area (Å²) in [5.41, 5.74) is 3.19. The van der Waals surface area contributed by atoms with Crippen molar-refractivity contribution in [3.8, 4) is 5.75 Å². The highest BCUT2D eigenvalue weighted by Gasteiger charge is 2.22. The van der Waals surface area contributed by atoms with Crippen LogP contribution >= 0.6 is 15.9 Å². The number of nitro groups is 1. The fraction of sp³-hybridized carbons (Fsp3) is 0.0500. The molecule has 0 aliphatic heterocycles. The monoisotopic (exact) mass is 504 g/mol. The van der Waals surface area contributed by atoms with E-state index in [1.807, 2.05) is 24.3 Å². The van der Waals surface area contributed by atoms with Gasteiger partial charge >= 0.3 is 0 Å². The van der Waals surface area contributed by atoms with Crippen molar-refractivity contribution < 1.29 is 18.1 Å². The molecule has 11 heteroatoms. The van der Waals surface area contributed by atoms with E-state index >= 15 is 0 Å². The van der Waals surface area contributed by atoms with Crippen molar-refractivity contribution in [2.75, 3.05) is 17.3 Å². The molecule has 0 unspecified atom stereocenters. The molecule has 0 aliphatic carbocycles. The first-order chi connectivity index (χ1) is 14.8. The molecule has 3 rings (SSSR count). The molecule has 0 fully saturated rings. The van der Waals surface area contributed by atoms with Crippen LogP contribution in [0.5, 0.6) is 5.75 Å². The van der Waals surface area contributed by atoms with Crippen LogP contribution in [0.25, 0.3) is 0 Å². The van der Waals surface area contributed by atoms with Crippen molar-refractivity contribution in [1.82, 2.24) is 0 Å². The van der Waals surface area contributed by atoms with Gasteiger partial charge in [0.15, 0.2) is 0 Å². The maximum absolute atomic E-state index is 12.7. The second-order valence-corrected chi connectivity index (χ2v) is 8.76. The Balaban J connectivity index is 1.85. The number of nitro benzene ring substituents is 1. The number of sulfonamides is 1. The SMILES string of the molecule is COc1ccccc1NS(=O)(=O)c1ccc(N/N=C/c2ccc(Br)cc2)c([N+](=O)[O-])c1. The molecule has 0 bridgehead atoms. The number of methoxy groups -OCH3 is 1. The Labute approximate surface area is 187 Å². The topological polar surface area (TPSA) is 123 Å². The molecule has 0 spiro atoms. The van der Waals surface area contributed by atoms with Crippen molar-refractivity contribution in [2.45, 2.75) is 4.90 Å². The molecule has 2 N–H and O–H groups in total. The van der Waals surface area contributed by atoms with Gasteiger partial charge in [-0.05, 0) is 42.0 Å². The zero-order valence-electron chi connectivity index (χ0n) is 16.2. The van der Waals surface area contributed by atoms with E-state index in [2.05, 4.69) is 31.2 Å². The van der Waals surface area contributed by atoms with Gasteiger partial charge in [0.2, 0.25) is 0 Å². The molecule has 0 aromatic heterocycles. The smallest absolute Gasteiger partial charge is 0.295 e. The van der Waals surface area contributed by atoms with Crippen LogP contribution in [-0.2, 0) is 10.0 Å². The third kappa shape index (κ3) is 5.58. The summed E-state index contributed by atoms with van der Waals surface area (Å²) >= 11 is 3.33. The Bertz CT molecular complexity index is 1230. The second kappa shape index (κ2) is 9.58. The maximum atomic E-state index is 12.7. The molecule has 0 saturated heterocycles. The van der Waals surface area contributed by atoms with Crippen LogP contribution in [0.15, 0.2) is 81.2 Å². The van der Waals surface area contributed by atoms with Gasteiger partial charge in [-0.2, -0.15) is 5.10 Å². The third-order valence-corrected chi connectivity index (χ3v) is 5.99. The number of nitrogens with zero attached hydrogens (tertiary/aromatic N) is 2. The first-order valence-electron chi connectivity index (χ1n) is 8.79. The van der Waals surface area contributed by atoms with Gasteiger partial charge in [-0.3, -0.25) is 20.3 Å². The minimum atomic E-state index is -4.09. The summed E-state index contributed by atoms with van der Waals surface area (Å²) in [6.07, 6.45) is 1.49. The van der Waals surface area contributed by atoms with Crippen LogP contribution in [0, 0.1) is 10.1 Å². The number of hydrogen-bond donors (Lipinski definition) is 2. The Morgan fingerprint density at radius 3 is 2.45 bits per heavy atom. The van der Waals surface area contributed by atoms with E-state index in [4.69, 9.17) is 4.74 Å². The van der Waals surface area contributed by atoms with E-state index in [0.29, 0.717) is 5.75 Å². The molecule has 0 saturated carbocycles. The highest BCUT2D eigenvalue weighted by molar-refractivity contribution is 9.10. The van der Waals surface area contributed by atoms with E-state index in [9.17, 15) is 18.5 Å². The van der Waals surface area contributed by atoms with Crippen LogP contribution < -0.4 is 14.9 Å². The first kappa shape index (κ1) is 22.2. The van der Waals surface area contributed by atoms with Crippen LogP contribution in [0.2, 0.25) is 0 Å². The molecule has 0 radical (unpaired) electrons. The molecule has 0 amide bonds. The van der Waals surface area contributed by atoms with E-state index in [-0.39, 0.29) is 16.3 Å². The van der Waals surface area contributed by atoms with E-state index in [1.165, 1.54) is 31.5 Å². The number of anilines is 2. The van der Waals surface area contributed by atoms with Crippen LogP contribution in [0.4, 0.5) is 17.1 Å². The summed E-state index contributed by atoms with van der Waals surface area (Å²) in [5.74, 6) is 0.321. The van der Waals surface area contributed by atoms with Crippen molar-refractivity contribution >= 4 is 49.2 Å². The predicted molar refractivity (Wildman–Crippen MR) is 122 cm³/mol. The molecular formula is C20H17BrN4O5S. The average molecular weight is 505 g/mol. The molecule has 3 aromatic rings. The van der Waals surface area contributed by atoms with Gasteiger partial charge in [0.05, 0.1) is 28.8 Å². The normalized spacial score (nSPS) is 11.3. The van der Waals surface area contributed by atoms with Gasteiger partial charge < -0.3 is 4.74 Å². The number of hydrogen-bond acceptors (Lipinski definition) is 7. The lowest BCUT2D eigenvalue weighted by molar-refractivity contribution is -0.384. The Hall–Kier alpha value is -3.44. The number of nitrogens with one attached hydrogen (secondary N) is 2. The highest BCUT2D eigenvalue weighted by atomic mass is 79.9. The summed E-state index contributed by atoms with van der Waals surface area (Å²) in [5, 5.41) is 15.5. The maximum Gasteiger partial charge on any atom is 0.295 e. The summed E-state index contributed by atoms with van der Waals surface area (Å²) in [6, 6.07) is 17.2. The molecule has 0 heterocycles. The van der Waals surface area contributed by atoms with Crippen LogP contribution in [-0.4, -0.2) is 26.7 Å². The zero-order chi connectivity index (χ0) is 22.4. The number of rotatable bonds is 8. The van der Waals surface area contributed by atoms with Gasteiger partial charge in [-0.15, -0.1) is 0 Å². The second-order valence-electron chi connectivity index (χ2n) is 6.16. The Morgan fingerprint density at radius 2 is 1.77 bits per heavy atom. The third-order valence-electron chi connectivity index (χ3n) is 4.10. The number of hydrazone groups is 1. The van der Waals surface area contributed by atoms with E-state index in [1.54, 1.807) is 18.2 Å². The lowest BCUT2D eigenvalue weighted by atomic mass is 10.2. The van der Waals surface area contributed by atoms with E-state index in [0.717, 1.165) is 16.1 Å². The average Bonchev–Trinajstić information content (AvgIpc) is 2.75. The van der Waals surface area contributed by atoms with Crippen molar-refractivity contribution in [3.63, 3.8) is 0 Å². The lowest BCUT2D eigenvalue weighted by Crippen LogP contribution is -2.14. The van der Waals surface area contributed by atoms with Gasteiger partial charge in [-0.1, -0.05) is 40.2 Å². The number of para-hydroxylation sites is 2. The number of ether oxygens (including phenoxy) is 1. The summed E-state index contributed by atoms with van der Waals surface area (Å²) < 4.78 is 33.9. The standard InChI is InChI=1S/C20H17BrN4O5S/c1-30-20-5-3-2-4-18(20)24-31(28,29)16-10-11-17(19(12-16)25(26)27)23-22-13-14-6-8-15(21)9-7-14/h2-13,23-24H,1H3/b22-13+. The van der Waals surface area contributed by atoms with Gasteiger partial charge in [0, 0.05) is 10.5 Å². The van der Waals surface area contributed by atoms with Gasteiger partial charge in [-0.25, -0.2) is 8.42 Å². The van der Waals surface area contributed by atoms with Crippen molar-refractivity contribution in [3.05, 3.63) is 86.9 Å². The Morgan fingerprint density at radius 1 is 1.06 bits per heavy atom. The van der Waals surface area contributed by atoms with E-state index < -0.39 is 20.6 Å². The zero-order valence-corrected chi connectivity index (χ0v) is 18.6. The first-order valence-corrected chi connectivity index (χ1v) is 11.1. The Kier molecular flexibility index (Phi) is 6.88. The molecule has 0 aliphatic rings. The van der Waals surface area contributed by atoms with Gasteiger partial charge in [0.1, 0.15) is 11.4 Å². The summed E-state index contributed by atoms with van der Waals surface area (Å²) in [7, 11) is -2.68. The molecule has 160 valence electrons. The van der Waals surface area contributed by atoms with Crippen LogP contribution in [0.1, 0.15) is 5.56 Å². The molecule has 9 nitrogen and oxygen atoms in total.